The van der Waals surface area contributed by atoms with Crippen LogP contribution in [0.1, 0.15) is 12.8 Å². The fraction of sp³-hybridized carbons (Fsp3) is 0.615. The standard InChI is InChI=1S/C13H19NO6S2/c1-19-12-4-5-13(21-12)22(17,18)14-6-2-3-10(7-14)8-20-9-11(15)16/h4-5,10H,2-3,6-9H2,1H3,(H,15,16). The van der Waals surface area contributed by atoms with Gasteiger partial charge in [-0.3, -0.25) is 0 Å². The maximum absolute atomic E-state index is 12.6. The fourth-order valence-electron chi connectivity index (χ4n) is 2.37. The molecule has 22 heavy (non-hydrogen) atoms. The van der Waals surface area contributed by atoms with E-state index >= 15 is 0 Å². The number of carboxylic acid groups (broad SMARTS) is 1. The van der Waals surface area contributed by atoms with Gasteiger partial charge in [0, 0.05) is 13.1 Å². The molecular weight excluding hydrogens is 330 g/mol. The average molecular weight is 349 g/mol. The molecule has 0 radical (unpaired) electrons. The van der Waals surface area contributed by atoms with Gasteiger partial charge in [0.1, 0.15) is 10.8 Å². The Morgan fingerprint density at radius 2 is 2.27 bits per heavy atom. The van der Waals surface area contributed by atoms with E-state index in [1.165, 1.54) is 11.4 Å². The summed E-state index contributed by atoms with van der Waals surface area (Å²) in [7, 11) is -2.03. The summed E-state index contributed by atoms with van der Waals surface area (Å²) in [5, 5.41) is 9.11. The van der Waals surface area contributed by atoms with Crippen LogP contribution in [0.15, 0.2) is 16.3 Å². The lowest BCUT2D eigenvalue weighted by Crippen LogP contribution is -2.41. The van der Waals surface area contributed by atoms with Crippen molar-refractivity contribution in [1.29, 1.82) is 0 Å². The van der Waals surface area contributed by atoms with Gasteiger partial charge in [-0.2, -0.15) is 4.31 Å². The molecule has 1 aliphatic rings. The lowest BCUT2D eigenvalue weighted by Gasteiger charge is -2.31. The first-order valence-electron chi connectivity index (χ1n) is 6.87. The molecular formula is C13H19NO6S2. The van der Waals surface area contributed by atoms with Gasteiger partial charge >= 0.3 is 5.97 Å². The minimum atomic E-state index is -3.53. The van der Waals surface area contributed by atoms with Crippen molar-refractivity contribution in [2.24, 2.45) is 5.92 Å². The molecule has 0 saturated carbocycles. The lowest BCUT2D eigenvalue weighted by molar-refractivity contribution is -0.142. The second kappa shape index (κ2) is 7.40. The number of aliphatic carboxylic acids is 1. The average Bonchev–Trinajstić information content (AvgIpc) is 2.97. The Morgan fingerprint density at radius 3 is 2.91 bits per heavy atom. The predicted octanol–water partition coefficient (Wildman–Crippen LogP) is 1.26. The number of sulfonamides is 1. The van der Waals surface area contributed by atoms with Crippen molar-refractivity contribution in [2.75, 3.05) is 33.4 Å². The molecule has 1 aromatic rings. The van der Waals surface area contributed by atoms with E-state index in [9.17, 15) is 13.2 Å². The van der Waals surface area contributed by atoms with Crippen molar-refractivity contribution in [3.8, 4) is 5.06 Å². The third-order valence-corrected chi connectivity index (χ3v) is 6.79. The number of methoxy groups -OCH3 is 1. The number of nitrogens with zero attached hydrogens (tertiary/aromatic N) is 1. The minimum absolute atomic E-state index is 0.0183. The molecule has 0 bridgehead atoms. The van der Waals surface area contributed by atoms with E-state index in [4.69, 9.17) is 14.6 Å². The van der Waals surface area contributed by atoms with E-state index in [2.05, 4.69) is 0 Å². The van der Waals surface area contributed by atoms with Gasteiger partial charge in [0.2, 0.25) is 0 Å². The molecule has 1 fully saturated rings. The van der Waals surface area contributed by atoms with Gasteiger partial charge in [0.25, 0.3) is 10.0 Å². The van der Waals surface area contributed by atoms with Crippen LogP contribution < -0.4 is 4.74 Å². The van der Waals surface area contributed by atoms with Crippen LogP contribution in [0.4, 0.5) is 0 Å². The number of rotatable bonds is 7. The highest BCUT2D eigenvalue weighted by molar-refractivity contribution is 7.91. The highest BCUT2D eigenvalue weighted by Gasteiger charge is 2.31. The zero-order valence-electron chi connectivity index (χ0n) is 12.2. The summed E-state index contributed by atoms with van der Waals surface area (Å²) in [6, 6.07) is 3.18. The summed E-state index contributed by atoms with van der Waals surface area (Å²) >= 11 is 1.10. The van der Waals surface area contributed by atoms with Crippen molar-refractivity contribution in [3.05, 3.63) is 12.1 Å². The molecule has 1 aromatic heterocycles. The number of carboxylic acids is 1. The van der Waals surface area contributed by atoms with Gasteiger partial charge in [-0.1, -0.05) is 11.3 Å². The molecule has 1 aliphatic heterocycles. The van der Waals surface area contributed by atoms with Crippen molar-refractivity contribution in [3.63, 3.8) is 0 Å². The van der Waals surface area contributed by atoms with Gasteiger partial charge in [0.15, 0.2) is 5.06 Å². The van der Waals surface area contributed by atoms with E-state index in [1.807, 2.05) is 0 Å². The Labute approximate surface area is 133 Å². The maximum Gasteiger partial charge on any atom is 0.329 e. The Hall–Kier alpha value is -1.16. The molecule has 0 aliphatic carbocycles. The molecule has 0 aromatic carbocycles. The topological polar surface area (TPSA) is 93.1 Å². The second-order valence-corrected chi connectivity index (χ2v) is 8.27. The smallest absolute Gasteiger partial charge is 0.329 e. The molecule has 2 rings (SSSR count). The number of thiophene rings is 1. The van der Waals surface area contributed by atoms with Gasteiger partial charge < -0.3 is 14.6 Å². The monoisotopic (exact) mass is 349 g/mol. The lowest BCUT2D eigenvalue weighted by atomic mass is 10.0. The zero-order chi connectivity index (χ0) is 16.2. The van der Waals surface area contributed by atoms with E-state index in [0.717, 1.165) is 24.2 Å². The van der Waals surface area contributed by atoms with E-state index < -0.39 is 16.0 Å². The number of ether oxygens (including phenoxy) is 2. The summed E-state index contributed by atoms with van der Waals surface area (Å²) in [4.78, 5) is 10.4. The summed E-state index contributed by atoms with van der Waals surface area (Å²) in [6.45, 7) is 0.720. The quantitative estimate of drug-likeness (QED) is 0.796. The maximum atomic E-state index is 12.6. The largest absolute Gasteiger partial charge is 0.487 e. The van der Waals surface area contributed by atoms with E-state index in [1.54, 1.807) is 12.1 Å². The van der Waals surface area contributed by atoms with Crippen LogP contribution in [0, 0.1) is 5.92 Å². The van der Waals surface area contributed by atoms with Crippen LogP contribution in [0.25, 0.3) is 0 Å². The molecule has 7 nitrogen and oxygen atoms in total. The summed E-state index contributed by atoms with van der Waals surface area (Å²) in [5.41, 5.74) is 0. The Kier molecular flexibility index (Phi) is 5.79. The van der Waals surface area contributed by atoms with Crippen LogP contribution >= 0.6 is 11.3 Å². The van der Waals surface area contributed by atoms with Crippen molar-refractivity contribution >= 4 is 27.3 Å². The summed E-state index contributed by atoms with van der Waals surface area (Å²) < 4.78 is 37.0. The van der Waals surface area contributed by atoms with Crippen LogP contribution in [0.2, 0.25) is 0 Å². The zero-order valence-corrected chi connectivity index (χ0v) is 13.9. The second-order valence-electron chi connectivity index (χ2n) is 5.06. The molecule has 0 amide bonds. The van der Waals surface area contributed by atoms with Gasteiger partial charge in [0.05, 0.1) is 13.7 Å². The van der Waals surface area contributed by atoms with Gasteiger partial charge in [-0.05, 0) is 30.9 Å². The summed E-state index contributed by atoms with van der Waals surface area (Å²) in [6.07, 6.45) is 1.57. The molecule has 124 valence electrons. The van der Waals surface area contributed by atoms with Crippen LogP contribution in [0.5, 0.6) is 5.06 Å². The highest BCUT2D eigenvalue weighted by Crippen LogP contribution is 2.32. The first kappa shape index (κ1) is 17.2. The number of hydrogen-bond acceptors (Lipinski definition) is 6. The Morgan fingerprint density at radius 1 is 1.50 bits per heavy atom. The molecule has 9 heteroatoms. The van der Waals surface area contributed by atoms with Crippen molar-refractivity contribution in [2.45, 2.75) is 17.1 Å². The molecule has 1 N–H and O–H groups in total. The van der Waals surface area contributed by atoms with Crippen LogP contribution in [0.3, 0.4) is 0 Å². The first-order valence-corrected chi connectivity index (χ1v) is 9.12. The summed E-state index contributed by atoms with van der Waals surface area (Å²) in [5.74, 6) is -1.00. The predicted molar refractivity (Wildman–Crippen MR) is 80.8 cm³/mol. The van der Waals surface area contributed by atoms with Crippen molar-refractivity contribution < 1.29 is 27.8 Å². The third-order valence-electron chi connectivity index (χ3n) is 3.41. The normalized spacial score (nSPS) is 20.0. The first-order chi connectivity index (χ1) is 10.4. The SMILES string of the molecule is COc1ccc(S(=O)(=O)N2CCCC(COCC(=O)O)C2)s1. The molecule has 0 spiro atoms. The molecule has 1 atom stereocenters. The van der Waals surface area contributed by atoms with E-state index in [0.29, 0.717) is 18.2 Å². The number of carbonyl (C=O) groups is 1. The number of piperidine rings is 1. The number of hydrogen-bond donors (Lipinski definition) is 1. The Bertz CT molecular complexity index is 612. The van der Waals surface area contributed by atoms with Gasteiger partial charge in [-0.25, -0.2) is 13.2 Å². The third kappa shape index (κ3) is 4.19. The highest BCUT2D eigenvalue weighted by atomic mass is 32.2. The van der Waals surface area contributed by atoms with Gasteiger partial charge in [-0.15, -0.1) is 0 Å². The van der Waals surface area contributed by atoms with E-state index in [-0.39, 0.29) is 23.3 Å². The minimum Gasteiger partial charge on any atom is -0.487 e. The molecule has 1 unspecified atom stereocenters. The van der Waals surface area contributed by atoms with Crippen LogP contribution in [-0.4, -0.2) is 57.2 Å². The van der Waals surface area contributed by atoms with Crippen LogP contribution in [-0.2, 0) is 19.6 Å². The molecule has 1 saturated heterocycles. The fourth-order valence-corrected chi connectivity index (χ4v) is 5.18. The van der Waals surface area contributed by atoms with Crippen molar-refractivity contribution in [1.82, 2.24) is 4.31 Å². The molecule has 2 heterocycles. The Balaban J connectivity index is 1.99.